The molecular formula is C30H24BrNO6. The van der Waals surface area contributed by atoms with Crippen molar-refractivity contribution in [2.45, 2.75) is 32.2 Å². The molecule has 1 amide bonds. The Labute approximate surface area is 227 Å². The fourth-order valence-corrected chi connectivity index (χ4v) is 5.26. The van der Waals surface area contributed by atoms with E-state index in [4.69, 9.17) is 13.9 Å². The molecule has 1 atom stereocenters. The molecular weight excluding hydrogens is 550 g/mol. The Hall–Kier alpha value is -4.04. The lowest BCUT2D eigenvalue weighted by molar-refractivity contribution is -0.117. The zero-order valence-corrected chi connectivity index (χ0v) is 22.5. The van der Waals surface area contributed by atoms with Gasteiger partial charge in [-0.15, -0.1) is 0 Å². The molecule has 1 unspecified atom stereocenters. The zero-order chi connectivity index (χ0) is 26.8. The van der Waals surface area contributed by atoms with Crippen LogP contribution in [0.15, 0.2) is 87.0 Å². The number of Topliss-reactive ketones (excluding diaryl/α,β-unsaturated/α-hetero) is 1. The quantitative estimate of drug-likeness (QED) is 0.264. The standard InChI is InChI=1S/C30H24BrNO6/c1-30(2,3)18-6-4-16(5-7-18)26-25(27(33)24-13-17-12-19(31)8-10-21(17)38-24)28(34)29(35)32(26)20-9-11-22-23(14-20)37-15-36-22/h4-14,26,34H,15H2,1-3H3. The highest BCUT2D eigenvalue weighted by molar-refractivity contribution is 9.10. The minimum atomic E-state index is -0.885. The highest BCUT2D eigenvalue weighted by Crippen LogP contribution is 2.45. The van der Waals surface area contributed by atoms with E-state index in [1.54, 1.807) is 30.3 Å². The van der Waals surface area contributed by atoms with Gasteiger partial charge in [0.25, 0.3) is 5.91 Å². The van der Waals surface area contributed by atoms with Gasteiger partial charge in [0.15, 0.2) is 23.0 Å². The lowest BCUT2D eigenvalue weighted by Gasteiger charge is -2.28. The highest BCUT2D eigenvalue weighted by atomic mass is 79.9. The summed E-state index contributed by atoms with van der Waals surface area (Å²) < 4.78 is 17.6. The van der Waals surface area contributed by atoms with E-state index in [2.05, 4.69) is 36.7 Å². The Morgan fingerprint density at radius 3 is 2.45 bits per heavy atom. The van der Waals surface area contributed by atoms with Crippen molar-refractivity contribution < 1.29 is 28.6 Å². The molecule has 0 aliphatic carbocycles. The lowest BCUT2D eigenvalue weighted by Crippen LogP contribution is -2.31. The lowest BCUT2D eigenvalue weighted by atomic mass is 9.85. The number of aliphatic hydroxyl groups excluding tert-OH is 1. The highest BCUT2D eigenvalue weighted by Gasteiger charge is 2.45. The number of carbonyl (C=O) groups excluding carboxylic acids is 2. The van der Waals surface area contributed by atoms with Crippen LogP contribution in [0.1, 0.15) is 48.5 Å². The molecule has 0 spiro atoms. The van der Waals surface area contributed by atoms with E-state index in [0.29, 0.717) is 28.3 Å². The van der Waals surface area contributed by atoms with Crippen molar-refractivity contribution in [1.82, 2.24) is 0 Å². The SMILES string of the molecule is CC(C)(C)c1ccc(C2C(C(=O)c3cc4cc(Br)ccc4o3)=C(O)C(=O)N2c2ccc3c(c2)OCO3)cc1. The number of halogens is 1. The van der Waals surface area contributed by atoms with Crippen LogP contribution in [0.5, 0.6) is 11.5 Å². The molecule has 38 heavy (non-hydrogen) atoms. The van der Waals surface area contributed by atoms with Gasteiger partial charge in [0.2, 0.25) is 12.6 Å². The molecule has 4 aromatic rings. The zero-order valence-electron chi connectivity index (χ0n) is 20.9. The van der Waals surface area contributed by atoms with Crippen molar-refractivity contribution in [2.75, 3.05) is 11.7 Å². The minimum absolute atomic E-state index is 0.0382. The van der Waals surface area contributed by atoms with E-state index < -0.39 is 23.5 Å². The first-order valence-electron chi connectivity index (χ1n) is 12.1. The number of ether oxygens (including phenoxy) is 2. The average molecular weight is 574 g/mol. The third-order valence-electron chi connectivity index (χ3n) is 6.88. The van der Waals surface area contributed by atoms with E-state index in [1.807, 2.05) is 36.4 Å². The normalized spacial score (nSPS) is 17.1. The molecule has 8 heteroatoms. The third-order valence-corrected chi connectivity index (χ3v) is 7.37. The summed E-state index contributed by atoms with van der Waals surface area (Å²) in [6, 6.07) is 19.0. The molecule has 7 nitrogen and oxygen atoms in total. The third kappa shape index (κ3) is 3.96. The maximum atomic E-state index is 13.9. The molecule has 3 aromatic carbocycles. The van der Waals surface area contributed by atoms with Crippen LogP contribution in [0.2, 0.25) is 0 Å². The number of hydrogen-bond acceptors (Lipinski definition) is 6. The molecule has 0 saturated carbocycles. The van der Waals surface area contributed by atoms with E-state index in [-0.39, 0.29) is 23.5 Å². The molecule has 0 bridgehead atoms. The number of fused-ring (bicyclic) bond motifs is 2. The number of rotatable bonds is 4. The summed E-state index contributed by atoms with van der Waals surface area (Å²) in [7, 11) is 0. The second-order valence-corrected chi connectivity index (χ2v) is 11.3. The summed E-state index contributed by atoms with van der Waals surface area (Å²) in [4.78, 5) is 28.8. The maximum Gasteiger partial charge on any atom is 0.294 e. The van der Waals surface area contributed by atoms with Crippen LogP contribution in [0.3, 0.4) is 0 Å². The summed E-state index contributed by atoms with van der Waals surface area (Å²) in [6.07, 6.45) is 0. The van der Waals surface area contributed by atoms with Crippen LogP contribution < -0.4 is 14.4 Å². The van der Waals surface area contributed by atoms with Crippen LogP contribution in [-0.2, 0) is 10.2 Å². The fourth-order valence-electron chi connectivity index (χ4n) is 4.88. The summed E-state index contributed by atoms with van der Waals surface area (Å²) in [6.45, 7) is 6.42. The fraction of sp³-hybridized carbons (Fsp3) is 0.200. The summed E-state index contributed by atoms with van der Waals surface area (Å²) in [5, 5.41) is 11.8. The molecule has 1 N–H and O–H groups in total. The Bertz CT molecular complexity index is 1640. The first-order chi connectivity index (χ1) is 18.1. The van der Waals surface area contributed by atoms with Gasteiger partial charge in [0.1, 0.15) is 5.58 Å². The minimum Gasteiger partial charge on any atom is -0.503 e. The first-order valence-corrected chi connectivity index (χ1v) is 12.9. The van der Waals surface area contributed by atoms with Gasteiger partial charge in [-0.1, -0.05) is 61.0 Å². The molecule has 192 valence electrons. The van der Waals surface area contributed by atoms with Crippen molar-refractivity contribution in [3.8, 4) is 11.5 Å². The van der Waals surface area contributed by atoms with Crippen LogP contribution in [0, 0.1) is 0 Å². The molecule has 1 aromatic heterocycles. The number of carbonyl (C=O) groups is 2. The van der Waals surface area contributed by atoms with Gasteiger partial charge in [0.05, 0.1) is 11.6 Å². The Morgan fingerprint density at radius 1 is 0.974 bits per heavy atom. The van der Waals surface area contributed by atoms with Crippen molar-refractivity contribution in [2.24, 2.45) is 0 Å². The molecule has 6 rings (SSSR count). The monoisotopic (exact) mass is 573 g/mol. The second kappa shape index (κ2) is 8.77. The average Bonchev–Trinajstić information content (AvgIpc) is 3.59. The molecule has 2 aliphatic heterocycles. The molecule has 2 aliphatic rings. The van der Waals surface area contributed by atoms with Crippen LogP contribution in [-0.4, -0.2) is 23.6 Å². The van der Waals surface area contributed by atoms with Crippen molar-refractivity contribution in [3.63, 3.8) is 0 Å². The number of amides is 1. The van der Waals surface area contributed by atoms with Gasteiger partial charge in [0, 0.05) is 21.6 Å². The predicted octanol–water partition coefficient (Wildman–Crippen LogP) is 7.00. The van der Waals surface area contributed by atoms with Gasteiger partial charge >= 0.3 is 0 Å². The van der Waals surface area contributed by atoms with Crippen molar-refractivity contribution in [1.29, 1.82) is 0 Å². The summed E-state index contributed by atoms with van der Waals surface area (Å²) in [5.74, 6) is -0.768. The Morgan fingerprint density at radius 2 is 1.71 bits per heavy atom. The number of hydrogen-bond donors (Lipinski definition) is 1. The van der Waals surface area contributed by atoms with E-state index in [0.717, 1.165) is 15.4 Å². The van der Waals surface area contributed by atoms with Gasteiger partial charge in [-0.05, 0) is 52.9 Å². The van der Waals surface area contributed by atoms with Crippen LogP contribution in [0.4, 0.5) is 5.69 Å². The number of aliphatic hydroxyl groups is 1. The Kier molecular flexibility index (Phi) is 5.61. The predicted molar refractivity (Wildman–Crippen MR) is 146 cm³/mol. The summed E-state index contributed by atoms with van der Waals surface area (Å²) >= 11 is 3.43. The Balaban J connectivity index is 1.48. The summed E-state index contributed by atoms with van der Waals surface area (Å²) in [5.41, 5.74) is 2.64. The van der Waals surface area contributed by atoms with Gasteiger partial charge in [-0.3, -0.25) is 14.5 Å². The molecule has 0 saturated heterocycles. The first kappa shape index (κ1) is 24.3. The second-order valence-electron chi connectivity index (χ2n) is 10.4. The van der Waals surface area contributed by atoms with Crippen LogP contribution >= 0.6 is 15.9 Å². The number of anilines is 1. The maximum absolute atomic E-state index is 13.9. The van der Waals surface area contributed by atoms with E-state index in [9.17, 15) is 14.7 Å². The topological polar surface area (TPSA) is 89.2 Å². The van der Waals surface area contributed by atoms with Crippen molar-refractivity contribution in [3.05, 3.63) is 99.4 Å². The van der Waals surface area contributed by atoms with Crippen LogP contribution in [0.25, 0.3) is 11.0 Å². The molecule has 0 radical (unpaired) electrons. The van der Waals surface area contributed by atoms with Gasteiger partial charge in [-0.2, -0.15) is 0 Å². The molecule has 3 heterocycles. The number of ketones is 1. The van der Waals surface area contributed by atoms with E-state index in [1.165, 1.54) is 4.90 Å². The van der Waals surface area contributed by atoms with Gasteiger partial charge in [-0.25, -0.2) is 0 Å². The number of furan rings is 1. The smallest absolute Gasteiger partial charge is 0.294 e. The number of nitrogens with zero attached hydrogens (tertiary/aromatic N) is 1. The van der Waals surface area contributed by atoms with Crippen molar-refractivity contribution >= 4 is 44.3 Å². The van der Waals surface area contributed by atoms with E-state index >= 15 is 0 Å². The number of benzene rings is 3. The molecule has 0 fully saturated rings. The largest absolute Gasteiger partial charge is 0.503 e. The van der Waals surface area contributed by atoms with Gasteiger partial charge < -0.3 is 19.0 Å².